The highest BCUT2D eigenvalue weighted by Gasteiger charge is 2.06. The Bertz CT molecular complexity index is 793. The average molecular weight is 398 g/mol. The predicted octanol–water partition coefficient (Wildman–Crippen LogP) is 3.48. The van der Waals surface area contributed by atoms with E-state index in [0.29, 0.717) is 34.5 Å². The summed E-state index contributed by atoms with van der Waals surface area (Å²) in [6, 6.07) is 8.85. The van der Waals surface area contributed by atoms with Gasteiger partial charge >= 0.3 is 0 Å². The number of carbonyl (C=O) groups is 3. The summed E-state index contributed by atoms with van der Waals surface area (Å²) in [5.41, 5.74) is 0.785. The second kappa shape index (κ2) is 10.4. The maximum absolute atomic E-state index is 11.2. The molecule has 0 unspecified atom stereocenters. The molecule has 0 fully saturated rings. The second-order valence-electron chi connectivity index (χ2n) is 5.20. The Kier molecular flexibility index (Phi) is 8.61. The number of ether oxygens (including phenoxy) is 1. The highest BCUT2D eigenvalue weighted by molar-refractivity contribution is 6.33. The fraction of sp³-hybridized carbons (Fsp3) is 0.167. The van der Waals surface area contributed by atoms with E-state index in [2.05, 4.69) is 0 Å². The number of phenols is 1. The van der Waals surface area contributed by atoms with Crippen LogP contribution in [0.4, 0.5) is 0 Å². The molecule has 8 heteroatoms. The first-order valence-corrected chi connectivity index (χ1v) is 8.05. The van der Waals surface area contributed by atoms with Crippen molar-refractivity contribution in [3.8, 4) is 11.5 Å². The van der Waals surface area contributed by atoms with E-state index >= 15 is 0 Å². The molecule has 0 heterocycles. The first kappa shape index (κ1) is 21.5. The normalized spacial score (nSPS) is 9.54. The summed E-state index contributed by atoms with van der Waals surface area (Å²) in [5, 5.41) is 9.42. The number of halogens is 2. The Labute approximate surface area is 160 Å². The largest absolute Gasteiger partial charge is 0.508 e. The number of hydrogen-bond donors (Lipinski definition) is 1. The molecule has 0 saturated carbocycles. The summed E-state index contributed by atoms with van der Waals surface area (Å²) in [6.07, 6.45) is 1.30. The molecule has 0 aliphatic carbocycles. The SMILES string of the molecule is CN(C)C(=O)COc1ccc(C=O)c(Cl)c1.O=Cc1ccc(O)cc1Cl. The van der Waals surface area contributed by atoms with Gasteiger partial charge in [-0.15, -0.1) is 0 Å². The number of rotatable bonds is 5. The van der Waals surface area contributed by atoms with Crippen molar-refractivity contribution >= 4 is 41.7 Å². The fourth-order valence-electron chi connectivity index (χ4n) is 1.58. The summed E-state index contributed by atoms with van der Waals surface area (Å²) < 4.78 is 5.22. The molecule has 0 aliphatic heterocycles. The van der Waals surface area contributed by atoms with Gasteiger partial charge in [0.1, 0.15) is 11.5 Å². The van der Waals surface area contributed by atoms with E-state index in [9.17, 15) is 14.4 Å². The van der Waals surface area contributed by atoms with E-state index in [1.807, 2.05) is 0 Å². The fourth-order valence-corrected chi connectivity index (χ4v) is 2.01. The summed E-state index contributed by atoms with van der Waals surface area (Å²) in [6.45, 7) is -0.0518. The van der Waals surface area contributed by atoms with Crippen molar-refractivity contribution in [2.75, 3.05) is 20.7 Å². The van der Waals surface area contributed by atoms with Crippen LogP contribution in [0.25, 0.3) is 0 Å². The van der Waals surface area contributed by atoms with Crippen molar-refractivity contribution in [3.63, 3.8) is 0 Å². The van der Waals surface area contributed by atoms with Crippen LogP contribution in [-0.4, -0.2) is 49.2 Å². The zero-order valence-electron chi connectivity index (χ0n) is 14.1. The lowest BCUT2D eigenvalue weighted by Crippen LogP contribution is -2.27. The number of amides is 1. The first-order chi connectivity index (χ1) is 12.3. The molecule has 1 N–H and O–H groups in total. The molecule has 0 atom stereocenters. The molecule has 2 aromatic rings. The van der Waals surface area contributed by atoms with Crippen LogP contribution in [0.1, 0.15) is 20.7 Å². The van der Waals surface area contributed by atoms with Crippen molar-refractivity contribution in [1.82, 2.24) is 4.90 Å². The monoisotopic (exact) mass is 397 g/mol. The molecule has 0 spiro atoms. The van der Waals surface area contributed by atoms with Crippen molar-refractivity contribution < 1.29 is 24.2 Å². The highest BCUT2D eigenvalue weighted by atomic mass is 35.5. The van der Waals surface area contributed by atoms with Crippen LogP contribution in [0.2, 0.25) is 10.0 Å². The maximum atomic E-state index is 11.2. The van der Waals surface area contributed by atoms with Gasteiger partial charge in [0.2, 0.25) is 0 Å². The summed E-state index contributed by atoms with van der Waals surface area (Å²) in [7, 11) is 3.29. The minimum Gasteiger partial charge on any atom is -0.508 e. The van der Waals surface area contributed by atoms with E-state index in [1.165, 1.54) is 29.2 Å². The number of hydrogen-bond acceptors (Lipinski definition) is 5. The molecular weight excluding hydrogens is 381 g/mol. The molecular formula is C18H17Cl2NO5. The van der Waals surface area contributed by atoms with Gasteiger partial charge in [-0.05, 0) is 36.4 Å². The molecule has 0 radical (unpaired) electrons. The third-order valence-corrected chi connectivity index (χ3v) is 3.73. The van der Waals surface area contributed by atoms with Gasteiger partial charge in [-0.2, -0.15) is 0 Å². The molecule has 26 heavy (non-hydrogen) atoms. The van der Waals surface area contributed by atoms with Gasteiger partial charge in [-0.1, -0.05) is 23.2 Å². The number of aromatic hydroxyl groups is 1. The molecule has 1 amide bonds. The van der Waals surface area contributed by atoms with Crippen molar-refractivity contribution in [2.24, 2.45) is 0 Å². The van der Waals surface area contributed by atoms with Gasteiger partial charge < -0.3 is 14.7 Å². The minimum absolute atomic E-state index is 0.0518. The van der Waals surface area contributed by atoms with Crippen LogP contribution in [0.15, 0.2) is 36.4 Å². The highest BCUT2D eigenvalue weighted by Crippen LogP contribution is 2.21. The summed E-state index contributed by atoms with van der Waals surface area (Å²) in [4.78, 5) is 33.3. The van der Waals surface area contributed by atoms with Gasteiger partial charge in [0.05, 0.1) is 10.0 Å². The smallest absolute Gasteiger partial charge is 0.259 e. The molecule has 6 nitrogen and oxygen atoms in total. The molecule has 0 aliphatic rings. The molecule has 0 saturated heterocycles. The van der Waals surface area contributed by atoms with Crippen molar-refractivity contribution in [2.45, 2.75) is 0 Å². The third-order valence-electron chi connectivity index (χ3n) is 3.07. The van der Waals surface area contributed by atoms with E-state index < -0.39 is 0 Å². The number of nitrogens with zero attached hydrogens (tertiary/aromatic N) is 1. The molecule has 2 rings (SSSR count). The second-order valence-corrected chi connectivity index (χ2v) is 6.02. The lowest BCUT2D eigenvalue weighted by atomic mass is 10.2. The van der Waals surface area contributed by atoms with Gasteiger partial charge in [-0.3, -0.25) is 14.4 Å². The maximum Gasteiger partial charge on any atom is 0.259 e. The Hall–Kier alpha value is -2.57. The quantitative estimate of drug-likeness (QED) is 0.780. The molecule has 2 aromatic carbocycles. The third kappa shape index (κ3) is 6.74. The van der Waals surface area contributed by atoms with Crippen LogP contribution in [0.5, 0.6) is 11.5 Å². The summed E-state index contributed by atoms with van der Waals surface area (Å²) >= 11 is 11.3. The van der Waals surface area contributed by atoms with E-state index in [1.54, 1.807) is 26.2 Å². The van der Waals surface area contributed by atoms with Crippen LogP contribution < -0.4 is 4.74 Å². The van der Waals surface area contributed by atoms with Gasteiger partial charge in [0, 0.05) is 25.2 Å². The van der Waals surface area contributed by atoms with Gasteiger partial charge in [0.25, 0.3) is 5.91 Å². The lowest BCUT2D eigenvalue weighted by Gasteiger charge is -2.11. The van der Waals surface area contributed by atoms with Gasteiger partial charge in [0.15, 0.2) is 19.2 Å². The molecule has 138 valence electrons. The number of aldehydes is 2. The number of carbonyl (C=O) groups excluding carboxylic acids is 3. The lowest BCUT2D eigenvalue weighted by molar-refractivity contribution is -0.130. The average Bonchev–Trinajstić information content (AvgIpc) is 2.60. The minimum atomic E-state index is -0.143. The number of phenolic OH excluding ortho intramolecular Hbond substituents is 1. The van der Waals surface area contributed by atoms with Crippen molar-refractivity contribution in [1.29, 1.82) is 0 Å². The van der Waals surface area contributed by atoms with Crippen LogP contribution in [0, 0.1) is 0 Å². The predicted molar refractivity (Wildman–Crippen MR) is 99.5 cm³/mol. The van der Waals surface area contributed by atoms with E-state index in [4.69, 9.17) is 33.0 Å². The van der Waals surface area contributed by atoms with E-state index in [0.717, 1.165) is 0 Å². The molecule has 0 aromatic heterocycles. The Balaban J connectivity index is 0.000000289. The Morgan fingerprint density at radius 1 is 1.04 bits per heavy atom. The van der Waals surface area contributed by atoms with Crippen LogP contribution in [-0.2, 0) is 4.79 Å². The first-order valence-electron chi connectivity index (χ1n) is 7.29. The Morgan fingerprint density at radius 2 is 1.58 bits per heavy atom. The van der Waals surface area contributed by atoms with Gasteiger partial charge in [-0.25, -0.2) is 0 Å². The standard InChI is InChI=1S/C11H12ClNO3.C7H5ClO2/c1-13(2)11(15)7-16-9-4-3-8(6-14)10(12)5-9;8-7-3-6(10)2-1-5(7)4-9/h3-6H,7H2,1-2H3;1-4,10H. The van der Waals surface area contributed by atoms with Crippen molar-refractivity contribution in [3.05, 3.63) is 57.6 Å². The number of benzene rings is 2. The van der Waals surface area contributed by atoms with Crippen LogP contribution in [0.3, 0.4) is 0 Å². The molecule has 0 bridgehead atoms. The Morgan fingerprint density at radius 3 is 2.04 bits per heavy atom. The van der Waals surface area contributed by atoms with Crippen LogP contribution >= 0.6 is 23.2 Å². The summed E-state index contributed by atoms with van der Waals surface area (Å²) in [5.74, 6) is 0.386. The zero-order chi connectivity index (χ0) is 19.7. The van der Waals surface area contributed by atoms with E-state index in [-0.39, 0.29) is 23.3 Å². The topological polar surface area (TPSA) is 83.9 Å². The number of likely N-dealkylation sites (N-methyl/N-ethyl adjacent to an activating group) is 1. The zero-order valence-corrected chi connectivity index (χ0v) is 15.6.